The van der Waals surface area contributed by atoms with Gasteiger partial charge in [0.15, 0.2) is 5.43 Å². The smallest absolute Gasteiger partial charge is 0.182 e. The first-order valence-electron chi connectivity index (χ1n) is 8.22. The highest BCUT2D eigenvalue weighted by Crippen LogP contribution is 2.43. The summed E-state index contributed by atoms with van der Waals surface area (Å²) in [6.45, 7) is 1.88. The number of aliphatic carboxylic acids is 1. The minimum atomic E-state index is -1.15. The molecule has 5 nitrogen and oxygen atoms in total. The van der Waals surface area contributed by atoms with Crippen LogP contribution in [0.3, 0.4) is 0 Å². The van der Waals surface area contributed by atoms with Gasteiger partial charge in [-0.2, -0.15) is 0 Å². The maximum absolute atomic E-state index is 11.8. The molecule has 1 aliphatic heterocycles. The Kier molecular flexibility index (Phi) is 3.65. The largest absolute Gasteiger partial charge is 0.549 e. The van der Waals surface area contributed by atoms with Crippen LogP contribution in [-0.4, -0.2) is 11.1 Å². The van der Waals surface area contributed by atoms with Gasteiger partial charge in [0.25, 0.3) is 0 Å². The molecule has 26 heavy (non-hydrogen) atoms. The fourth-order valence-electron chi connectivity index (χ4n) is 3.49. The van der Waals surface area contributed by atoms with E-state index in [-0.39, 0.29) is 11.2 Å². The highest BCUT2D eigenvalue weighted by atomic mass is 16.4. The summed E-state index contributed by atoms with van der Waals surface area (Å²) in [5, 5.41) is 22.2. The number of carboxylic acid groups (broad SMARTS) is 1. The molecule has 1 N–H and O–H groups in total. The molecule has 4 rings (SSSR count). The molecule has 0 saturated carbocycles. The SMILES string of the molecule is CC1=CC=C(c2c3ccc(=O)cc-3oc3cc(O)ccc23)C(C(=O)[O-])C1. The number of carbonyl (C=O) groups is 1. The number of carbonyl (C=O) groups excluding carboxylic acids is 1. The lowest BCUT2D eigenvalue weighted by Gasteiger charge is -2.27. The molecule has 5 heteroatoms. The number of carboxylic acids is 1. The predicted octanol–water partition coefficient (Wildman–Crippen LogP) is 2.70. The Morgan fingerprint density at radius 3 is 2.77 bits per heavy atom. The summed E-state index contributed by atoms with van der Waals surface area (Å²) in [6.07, 6.45) is 4.03. The van der Waals surface area contributed by atoms with E-state index in [1.54, 1.807) is 18.2 Å². The summed E-state index contributed by atoms with van der Waals surface area (Å²) in [5.74, 6) is -1.58. The first-order valence-corrected chi connectivity index (χ1v) is 8.22. The van der Waals surface area contributed by atoms with Gasteiger partial charge >= 0.3 is 0 Å². The summed E-state index contributed by atoms with van der Waals surface area (Å²) in [4.78, 5) is 23.5. The molecule has 0 bridgehead atoms. The van der Waals surface area contributed by atoms with Crippen molar-refractivity contribution < 1.29 is 19.4 Å². The van der Waals surface area contributed by atoms with Gasteiger partial charge in [-0.25, -0.2) is 0 Å². The molecule has 0 fully saturated rings. The molecule has 1 atom stereocenters. The molecule has 1 aromatic carbocycles. The summed E-state index contributed by atoms with van der Waals surface area (Å²) < 4.78 is 5.79. The Bertz CT molecular complexity index is 1130. The van der Waals surface area contributed by atoms with Crippen molar-refractivity contribution in [1.82, 2.24) is 0 Å². The normalized spacial score (nSPS) is 17.2. The fraction of sp³-hybridized carbons (Fsp3) is 0.143. The van der Waals surface area contributed by atoms with Gasteiger partial charge in [0.05, 0.1) is 0 Å². The number of aromatic hydroxyl groups is 1. The number of phenolic OH excluding ortho intramolecular Hbond substituents is 1. The van der Waals surface area contributed by atoms with Crippen molar-refractivity contribution in [2.45, 2.75) is 13.3 Å². The minimum Gasteiger partial charge on any atom is -0.549 e. The Labute approximate surface area is 148 Å². The molecule has 1 aromatic rings. The molecule has 3 aliphatic rings. The van der Waals surface area contributed by atoms with E-state index in [9.17, 15) is 19.8 Å². The number of allylic oxidation sites excluding steroid dienone is 3. The van der Waals surface area contributed by atoms with Crippen LogP contribution in [0.5, 0.6) is 5.75 Å². The molecule has 0 saturated heterocycles. The summed E-state index contributed by atoms with van der Waals surface area (Å²) in [6, 6.07) is 9.09. The Morgan fingerprint density at radius 2 is 2.00 bits per heavy atom. The third-order valence-electron chi connectivity index (χ3n) is 4.70. The van der Waals surface area contributed by atoms with Gasteiger partial charge < -0.3 is 19.4 Å². The van der Waals surface area contributed by atoms with Crippen molar-refractivity contribution in [2.24, 2.45) is 5.92 Å². The van der Waals surface area contributed by atoms with Crippen molar-refractivity contribution in [1.29, 1.82) is 0 Å². The summed E-state index contributed by atoms with van der Waals surface area (Å²) in [7, 11) is 0. The van der Waals surface area contributed by atoms with Gasteiger partial charge in [-0.1, -0.05) is 17.7 Å². The van der Waals surface area contributed by atoms with E-state index in [4.69, 9.17) is 4.42 Å². The Balaban J connectivity index is 2.13. The van der Waals surface area contributed by atoms with Crippen LogP contribution in [0.4, 0.5) is 0 Å². The van der Waals surface area contributed by atoms with E-state index < -0.39 is 11.9 Å². The quantitative estimate of drug-likeness (QED) is 0.720. The molecule has 130 valence electrons. The van der Waals surface area contributed by atoms with Crippen LogP contribution in [0, 0.1) is 5.92 Å². The van der Waals surface area contributed by atoms with Crippen LogP contribution in [0.1, 0.15) is 18.9 Å². The van der Waals surface area contributed by atoms with Gasteiger partial charge in [-0.3, -0.25) is 4.79 Å². The third kappa shape index (κ3) is 2.58. The molecular weight excluding hydrogens is 332 g/mol. The highest BCUT2D eigenvalue weighted by molar-refractivity contribution is 6.03. The first-order chi connectivity index (χ1) is 12.4. The zero-order chi connectivity index (χ0) is 18.4. The van der Waals surface area contributed by atoms with Crippen LogP contribution >= 0.6 is 0 Å². The van der Waals surface area contributed by atoms with E-state index in [1.165, 1.54) is 24.3 Å². The van der Waals surface area contributed by atoms with Crippen molar-refractivity contribution in [3.05, 3.63) is 69.9 Å². The Hall–Kier alpha value is -3.34. The summed E-state index contributed by atoms with van der Waals surface area (Å²) in [5.41, 5.74) is 3.05. The van der Waals surface area contributed by atoms with Crippen LogP contribution in [0.25, 0.3) is 27.9 Å². The lowest BCUT2D eigenvalue weighted by molar-refractivity contribution is -0.309. The zero-order valence-corrected chi connectivity index (χ0v) is 14.0. The van der Waals surface area contributed by atoms with E-state index in [0.29, 0.717) is 39.9 Å². The van der Waals surface area contributed by atoms with Gasteiger partial charge in [0.1, 0.15) is 17.1 Å². The van der Waals surface area contributed by atoms with E-state index in [2.05, 4.69) is 0 Å². The average Bonchev–Trinajstić information content (AvgIpc) is 2.59. The zero-order valence-electron chi connectivity index (χ0n) is 14.0. The number of hydrogen-bond acceptors (Lipinski definition) is 5. The molecule has 0 radical (unpaired) electrons. The lowest BCUT2D eigenvalue weighted by atomic mass is 9.80. The molecule has 1 unspecified atom stereocenters. The van der Waals surface area contributed by atoms with Gasteiger partial charge in [0, 0.05) is 40.5 Å². The second kappa shape index (κ2) is 5.88. The second-order valence-electron chi connectivity index (χ2n) is 6.53. The maximum atomic E-state index is 11.8. The third-order valence-corrected chi connectivity index (χ3v) is 4.70. The van der Waals surface area contributed by atoms with Crippen molar-refractivity contribution in [2.75, 3.05) is 0 Å². The van der Waals surface area contributed by atoms with Gasteiger partial charge in [-0.15, -0.1) is 0 Å². The monoisotopic (exact) mass is 347 g/mol. The lowest BCUT2D eigenvalue weighted by Crippen LogP contribution is -2.33. The molecule has 0 amide bonds. The van der Waals surface area contributed by atoms with Crippen LogP contribution in [0.15, 0.2) is 63.3 Å². The van der Waals surface area contributed by atoms with Crippen molar-refractivity contribution >= 4 is 22.5 Å². The number of hydrogen-bond donors (Lipinski definition) is 1. The highest BCUT2D eigenvalue weighted by Gasteiger charge is 2.26. The number of benzene rings is 2. The van der Waals surface area contributed by atoms with E-state index in [1.807, 2.05) is 13.0 Å². The van der Waals surface area contributed by atoms with Crippen molar-refractivity contribution in [3.8, 4) is 17.1 Å². The van der Waals surface area contributed by atoms with Crippen LogP contribution in [-0.2, 0) is 4.79 Å². The minimum absolute atomic E-state index is 0.0228. The summed E-state index contributed by atoms with van der Waals surface area (Å²) >= 11 is 0. The standard InChI is InChI=1S/C21H16O5/c1-11-2-5-14(17(8-11)21(24)25)20-15-6-3-12(22)9-18(15)26-19-10-13(23)4-7-16(19)20/h2-7,9-10,17,22H,8H2,1H3,(H,24,25)/p-1. The Morgan fingerprint density at radius 1 is 1.19 bits per heavy atom. The van der Waals surface area contributed by atoms with Crippen LogP contribution < -0.4 is 10.5 Å². The number of fused-ring (bicyclic) bond motifs is 2. The maximum Gasteiger partial charge on any atom is 0.182 e. The molecule has 0 aromatic heterocycles. The van der Waals surface area contributed by atoms with Gasteiger partial charge in [-0.05, 0) is 43.2 Å². The number of phenols is 1. The van der Waals surface area contributed by atoms with Crippen LogP contribution in [0.2, 0.25) is 0 Å². The molecule has 1 heterocycles. The number of rotatable bonds is 2. The van der Waals surface area contributed by atoms with Crippen molar-refractivity contribution in [3.63, 3.8) is 0 Å². The molecule has 2 aliphatic carbocycles. The first kappa shape index (κ1) is 16.1. The predicted molar refractivity (Wildman–Crippen MR) is 95.6 cm³/mol. The fourth-order valence-corrected chi connectivity index (χ4v) is 3.49. The van der Waals surface area contributed by atoms with Gasteiger partial charge in [0.2, 0.25) is 0 Å². The van der Waals surface area contributed by atoms with E-state index >= 15 is 0 Å². The second-order valence-corrected chi connectivity index (χ2v) is 6.53. The molecule has 0 spiro atoms. The molecular formula is C21H15O5-. The van der Waals surface area contributed by atoms with E-state index in [0.717, 1.165) is 5.57 Å². The topological polar surface area (TPSA) is 90.6 Å². The average molecular weight is 347 g/mol.